The molecule has 0 fully saturated rings. The number of nitrogens with zero attached hydrogens (tertiary/aromatic N) is 3. The van der Waals surface area contributed by atoms with Gasteiger partial charge in [0.2, 0.25) is 0 Å². The Hall–Kier alpha value is -2.84. The molecule has 0 bridgehead atoms. The van der Waals surface area contributed by atoms with Crippen LogP contribution in [0.4, 0.5) is 0 Å². The molecule has 0 aliphatic rings. The van der Waals surface area contributed by atoms with Crippen LogP contribution in [0, 0.1) is 0 Å². The van der Waals surface area contributed by atoms with Crippen LogP contribution < -0.4 is 11.2 Å². The van der Waals surface area contributed by atoms with E-state index in [4.69, 9.17) is 9.15 Å². The van der Waals surface area contributed by atoms with Gasteiger partial charge in [-0.05, 0) is 6.92 Å². The van der Waals surface area contributed by atoms with Crippen LogP contribution >= 0.6 is 0 Å². The first kappa shape index (κ1) is 13.2. The number of fused-ring (bicyclic) bond motifs is 3. The Morgan fingerprint density at radius 3 is 2.95 bits per heavy atom. The van der Waals surface area contributed by atoms with E-state index >= 15 is 0 Å². The fourth-order valence-electron chi connectivity index (χ4n) is 2.10. The van der Waals surface area contributed by atoms with Gasteiger partial charge in [-0.25, -0.2) is 4.79 Å². The number of hydrogen-bond donors (Lipinski definition) is 1. The molecule has 0 unspecified atom stereocenters. The smallest absolute Gasteiger partial charge is 0.329 e. The van der Waals surface area contributed by atoms with E-state index in [0.717, 1.165) is 0 Å². The third kappa shape index (κ3) is 2.02. The standard InChI is InChI=1S/C12H12N4O5/c1-3-20-7(17)4-6-5-16-8-9(13-12(16)21-6)15(2)11(19)14-10(8)18/h5H,3-4H2,1-2H3,(H,14,18,19). The highest BCUT2D eigenvalue weighted by molar-refractivity contribution is 5.75. The largest absolute Gasteiger partial charge is 0.466 e. The molecule has 0 saturated heterocycles. The predicted molar refractivity (Wildman–Crippen MR) is 71.2 cm³/mol. The van der Waals surface area contributed by atoms with E-state index in [1.165, 1.54) is 22.2 Å². The molecule has 0 aliphatic carbocycles. The van der Waals surface area contributed by atoms with Crippen LogP contribution in [0.1, 0.15) is 12.7 Å². The number of oxazole rings is 1. The molecule has 0 saturated carbocycles. The van der Waals surface area contributed by atoms with Gasteiger partial charge in [-0.15, -0.1) is 0 Å². The molecule has 0 amide bonds. The van der Waals surface area contributed by atoms with Crippen LogP contribution in [-0.2, 0) is 23.0 Å². The molecular formula is C12H12N4O5. The van der Waals surface area contributed by atoms with Gasteiger partial charge < -0.3 is 9.15 Å². The fourth-order valence-corrected chi connectivity index (χ4v) is 2.10. The number of carbonyl (C=O) groups is 1. The topological polar surface area (TPSA) is 112 Å². The van der Waals surface area contributed by atoms with Crippen molar-refractivity contribution in [2.24, 2.45) is 7.05 Å². The summed E-state index contributed by atoms with van der Waals surface area (Å²) in [5, 5.41) is 0. The lowest BCUT2D eigenvalue weighted by atomic mass is 10.3. The molecule has 3 aromatic rings. The minimum atomic E-state index is -0.566. The van der Waals surface area contributed by atoms with Gasteiger partial charge >= 0.3 is 17.5 Å². The number of esters is 1. The lowest BCUT2D eigenvalue weighted by molar-refractivity contribution is -0.142. The fraction of sp³-hybridized carbons (Fsp3) is 0.333. The quantitative estimate of drug-likeness (QED) is 0.656. The second-order valence-corrected chi connectivity index (χ2v) is 4.43. The third-order valence-corrected chi connectivity index (χ3v) is 3.04. The summed E-state index contributed by atoms with van der Waals surface area (Å²) in [5.74, 6) is 0.0298. The van der Waals surface area contributed by atoms with Crippen molar-refractivity contribution in [2.75, 3.05) is 6.61 Å². The number of rotatable bonds is 3. The zero-order valence-electron chi connectivity index (χ0n) is 11.4. The summed E-state index contributed by atoms with van der Waals surface area (Å²) in [5.41, 5.74) is -0.722. The Labute approximate surface area is 116 Å². The second kappa shape index (κ2) is 4.62. The Bertz CT molecular complexity index is 958. The van der Waals surface area contributed by atoms with Gasteiger partial charge in [-0.2, -0.15) is 4.98 Å². The molecule has 0 spiro atoms. The Kier molecular flexibility index (Phi) is 2.89. The van der Waals surface area contributed by atoms with Crippen LogP contribution in [-0.4, -0.2) is 31.5 Å². The van der Waals surface area contributed by atoms with Crippen LogP contribution in [0.25, 0.3) is 17.0 Å². The molecule has 0 radical (unpaired) electrons. The number of carbonyl (C=O) groups excluding carboxylic acids is 1. The summed E-state index contributed by atoms with van der Waals surface area (Å²) in [6.07, 6.45) is 1.43. The minimum Gasteiger partial charge on any atom is -0.466 e. The van der Waals surface area contributed by atoms with E-state index in [2.05, 4.69) is 9.97 Å². The Balaban J connectivity index is 2.16. The molecule has 3 heterocycles. The number of nitrogens with one attached hydrogen (secondary N) is 1. The van der Waals surface area contributed by atoms with Gasteiger partial charge in [0.05, 0.1) is 12.8 Å². The van der Waals surface area contributed by atoms with Crippen molar-refractivity contribution >= 4 is 23.0 Å². The molecule has 0 aromatic carbocycles. The number of ether oxygens (including phenoxy) is 1. The van der Waals surface area contributed by atoms with Crippen LogP contribution in [0.15, 0.2) is 20.2 Å². The Morgan fingerprint density at radius 1 is 1.48 bits per heavy atom. The molecule has 9 nitrogen and oxygen atoms in total. The summed E-state index contributed by atoms with van der Waals surface area (Å²) in [6.45, 7) is 1.99. The van der Waals surface area contributed by atoms with Crippen molar-refractivity contribution < 1.29 is 13.9 Å². The van der Waals surface area contributed by atoms with Crippen LogP contribution in [0.5, 0.6) is 0 Å². The van der Waals surface area contributed by atoms with E-state index in [0.29, 0.717) is 5.76 Å². The average Bonchev–Trinajstić information content (AvgIpc) is 2.93. The van der Waals surface area contributed by atoms with Gasteiger partial charge in [-0.3, -0.25) is 23.5 Å². The molecular weight excluding hydrogens is 280 g/mol. The number of aryl methyl sites for hydroxylation is 1. The van der Waals surface area contributed by atoms with Gasteiger partial charge in [-0.1, -0.05) is 0 Å². The SMILES string of the molecule is CCOC(=O)Cc1cn2c(nc3c2c(=O)[nH]c(=O)n3C)o1. The third-order valence-electron chi connectivity index (χ3n) is 3.04. The summed E-state index contributed by atoms with van der Waals surface area (Å²) in [4.78, 5) is 41.1. The lowest BCUT2D eigenvalue weighted by Gasteiger charge is -1.98. The zero-order valence-corrected chi connectivity index (χ0v) is 11.4. The minimum absolute atomic E-state index is 0.0532. The van der Waals surface area contributed by atoms with Crippen molar-refractivity contribution in [2.45, 2.75) is 13.3 Å². The molecule has 3 aromatic heterocycles. The van der Waals surface area contributed by atoms with E-state index in [9.17, 15) is 14.4 Å². The van der Waals surface area contributed by atoms with Gasteiger partial charge in [0.15, 0.2) is 11.2 Å². The second-order valence-electron chi connectivity index (χ2n) is 4.43. The van der Waals surface area contributed by atoms with Gasteiger partial charge in [0.1, 0.15) is 12.2 Å². The first-order chi connectivity index (χ1) is 10.0. The number of imidazole rings is 1. The van der Waals surface area contributed by atoms with E-state index < -0.39 is 17.2 Å². The average molecular weight is 292 g/mol. The van der Waals surface area contributed by atoms with Crippen LogP contribution in [0.2, 0.25) is 0 Å². The first-order valence-electron chi connectivity index (χ1n) is 6.26. The normalized spacial score (nSPS) is 11.3. The summed E-state index contributed by atoms with van der Waals surface area (Å²) < 4.78 is 12.8. The van der Waals surface area contributed by atoms with E-state index in [-0.39, 0.29) is 30.0 Å². The summed E-state index contributed by atoms with van der Waals surface area (Å²) in [6, 6.07) is 0. The van der Waals surface area contributed by atoms with Crippen molar-refractivity contribution in [3.63, 3.8) is 0 Å². The molecule has 3 rings (SSSR count). The van der Waals surface area contributed by atoms with Crippen molar-refractivity contribution in [1.82, 2.24) is 18.9 Å². The maximum atomic E-state index is 11.9. The lowest BCUT2D eigenvalue weighted by Crippen LogP contribution is -2.28. The highest BCUT2D eigenvalue weighted by Crippen LogP contribution is 2.15. The van der Waals surface area contributed by atoms with E-state index in [1.807, 2.05) is 0 Å². The van der Waals surface area contributed by atoms with E-state index in [1.54, 1.807) is 6.92 Å². The van der Waals surface area contributed by atoms with Crippen molar-refractivity contribution in [3.05, 3.63) is 32.8 Å². The maximum absolute atomic E-state index is 11.9. The number of H-pyrrole nitrogens is 1. The molecule has 21 heavy (non-hydrogen) atoms. The predicted octanol–water partition coefficient (Wildman–Crippen LogP) is -0.427. The highest BCUT2D eigenvalue weighted by Gasteiger charge is 2.17. The maximum Gasteiger partial charge on any atom is 0.329 e. The monoisotopic (exact) mass is 292 g/mol. The first-order valence-corrected chi connectivity index (χ1v) is 6.26. The molecule has 0 aliphatic heterocycles. The van der Waals surface area contributed by atoms with Crippen molar-refractivity contribution in [1.29, 1.82) is 0 Å². The Morgan fingerprint density at radius 2 is 2.24 bits per heavy atom. The molecule has 110 valence electrons. The number of aromatic amines is 1. The zero-order chi connectivity index (χ0) is 15.1. The summed E-state index contributed by atoms with van der Waals surface area (Å²) >= 11 is 0. The van der Waals surface area contributed by atoms with Gasteiger partial charge in [0.25, 0.3) is 5.56 Å². The van der Waals surface area contributed by atoms with Crippen LogP contribution in [0.3, 0.4) is 0 Å². The summed E-state index contributed by atoms with van der Waals surface area (Å²) in [7, 11) is 1.49. The van der Waals surface area contributed by atoms with Crippen molar-refractivity contribution in [3.8, 4) is 0 Å². The molecule has 0 atom stereocenters. The number of hydrogen-bond acceptors (Lipinski definition) is 6. The number of aromatic nitrogens is 4. The molecule has 9 heteroatoms. The molecule has 1 N–H and O–H groups in total. The highest BCUT2D eigenvalue weighted by atomic mass is 16.5. The van der Waals surface area contributed by atoms with Gasteiger partial charge in [0, 0.05) is 7.05 Å².